The lowest BCUT2D eigenvalue weighted by molar-refractivity contribution is -0.128. The highest BCUT2D eigenvalue weighted by atomic mass is 35.5. The highest BCUT2D eigenvalue weighted by Gasteiger charge is 2.29. The summed E-state index contributed by atoms with van der Waals surface area (Å²) in [6, 6.07) is 4.25. The van der Waals surface area contributed by atoms with Crippen molar-refractivity contribution in [1.82, 2.24) is 15.1 Å². The Morgan fingerprint density at radius 1 is 1.43 bits per heavy atom. The van der Waals surface area contributed by atoms with Gasteiger partial charge in [-0.05, 0) is 25.5 Å². The number of halogens is 2. The molecule has 0 bridgehead atoms. The Balaban J connectivity index is 1.65. The van der Waals surface area contributed by atoms with Gasteiger partial charge >= 0.3 is 0 Å². The normalized spacial score (nSPS) is 21.8. The molecule has 0 saturated carbocycles. The van der Waals surface area contributed by atoms with Crippen LogP contribution in [0.1, 0.15) is 37.8 Å². The van der Waals surface area contributed by atoms with Crippen LogP contribution in [0.2, 0.25) is 5.02 Å². The average molecular weight is 412 g/mol. The quantitative estimate of drug-likeness (QED) is 0.748. The van der Waals surface area contributed by atoms with Crippen molar-refractivity contribution in [1.29, 1.82) is 0 Å². The van der Waals surface area contributed by atoms with E-state index in [-0.39, 0.29) is 42.7 Å². The Morgan fingerprint density at radius 2 is 2.25 bits per heavy atom. The number of nitrogens with zero attached hydrogens (tertiary/aromatic N) is 2. The molecular formula is C20H27ClFN3O3. The van der Waals surface area contributed by atoms with Gasteiger partial charge in [-0.15, -0.1) is 0 Å². The number of nitrogens with one attached hydrogen (secondary N) is 1. The van der Waals surface area contributed by atoms with Gasteiger partial charge in [0.2, 0.25) is 11.8 Å². The smallest absolute Gasteiger partial charge is 0.222 e. The average Bonchev–Trinajstić information content (AvgIpc) is 3.07. The number of rotatable bonds is 7. The van der Waals surface area contributed by atoms with Crippen LogP contribution in [-0.4, -0.2) is 67.0 Å². The number of hydrogen-bond acceptors (Lipinski definition) is 4. The highest BCUT2D eigenvalue weighted by molar-refractivity contribution is 6.31. The Morgan fingerprint density at radius 3 is 2.93 bits per heavy atom. The van der Waals surface area contributed by atoms with Crippen LogP contribution in [0, 0.1) is 5.82 Å². The fourth-order valence-electron chi connectivity index (χ4n) is 3.85. The lowest BCUT2D eigenvalue weighted by Crippen LogP contribution is -2.47. The van der Waals surface area contributed by atoms with Gasteiger partial charge in [-0.25, -0.2) is 4.39 Å². The second-order valence-electron chi connectivity index (χ2n) is 7.37. The van der Waals surface area contributed by atoms with Crippen LogP contribution in [0.5, 0.6) is 0 Å². The molecule has 1 aromatic rings. The standard InChI is InChI=1S/C20H27ClFN3O3/c1-14-13-25(10-11-28-14)17(20-15(21)4-2-5-16(20)22)12-23-18(26)7-9-24-8-3-6-19(24)27/h2,4-5,14,17H,3,6-13H2,1H3,(H,23,26). The van der Waals surface area contributed by atoms with Gasteiger partial charge in [-0.2, -0.15) is 0 Å². The summed E-state index contributed by atoms with van der Waals surface area (Å²) in [5.41, 5.74) is 0.397. The molecule has 2 heterocycles. The van der Waals surface area contributed by atoms with Crippen LogP contribution >= 0.6 is 11.6 Å². The van der Waals surface area contributed by atoms with E-state index in [1.165, 1.54) is 6.07 Å². The second-order valence-corrected chi connectivity index (χ2v) is 7.77. The molecule has 2 aliphatic heterocycles. The van der Waals surface area contributed by atoms with Crippen molar-refractivity contribution < 1.29 is 18.7 Å². The van der Waals surface area contributed by atoms with E-state index in [9.17, 15) is 14.0 Å². The van der Waals surface area contributed by atoms with Crippen LogP contribution < -0.4 is 5.32 Å². The number of ether oxygens (including phenoxy) is 1. The van der Waals surface area contributed by atoms with Crippen molar-refractivity contribution in [3.05, 3.63) is 34.6 Å². The van der Waals surface area contributed by atoms with Gasteiger partial charge < -0.3 is 15.0 Å². The van der Waals surface area contributed by atoms with E-state index in [1.807, 2.05) is 6.92 Å². The molecule has 1 aromatic carbocycles. The third-order valence-electron chi connectivity index (χ3n) is 5.32. The third-order valence-corrected chi connectivity index (χ3v) is 5.65. The molecular weight excluding hydrogens is 385 g/mol. The van der Waals surface area contributed by atoms with E-state index in [2.05, 4.69) is 10.2 Å². The predicted molar refractivity (Wildman–Crippen MR) is 105 cm³/mol. The van der Waals surface area contributed by atoms with E-state index >= 15 is 0 Å². The molecule has 0 aromatic heterocycles. The van der Waals surface area contributed by atoms with Crippen molar-refractivity contribution in [2.45, 2.75) is 38.3 Å². The van der Waals surface area contributed by atoms with Crippen molar-refractivity contribution in [3.63, 3.8) is 0 Å². The van der Waals surface area contributed by atoms with E-state index in [0.717, 1.165) is 6.42 Å². The Labute approximate surface area is 170 Å². The summed E-state index contributed by atoms with van der Waals surface area (Å²) in [5, 5.41) is 3.25. The minimum absolute atomic E-state index is 0.0266. The first-order chi connectivity index (χ1) is 13.5. The molecule has 0 aliphatic carbocycles. The molecule has 2 saturated heterocycles. The van der Waals surface area contributed by atoms with Crippen LogP contribution in [0.3, 0.4) is 0 Å². The summed E-state index contributed by atoms with van der Waals surface area (Å²) in [4.78, 5) is 27.8. The number of hydrogen-bond donors (Lipinski definition) is 1. The third kappa shape index (κ3) is 5.21. The summed E-state index contributed by atoms with van der Waals surface area (Å²) in [7, 11) is 0. The first-order valence-corrected chi connectivity index (χ1v) is 10.2. The summed E-state index contributed by atoms with van der Waals surface area (Å²) < 4.78 is 20.2. The summed E-state index contributed by atoms with van der Waals surface area (Å²) in [5.74, 6) is -0.432. The lowest BCUT2D eigenvalue weighted by Gasteiger charge is -2.38. The molecule has 6 nitrogen and oxygen atoms in total. The number of benzene rings is 1. The van der Waals surface area contributed by atoms with E-state index < -0.39 is 0 Å². The number of likely N-dealkylation sites (tertiary alicyclic amines) is 1. The van der Waals surface area contributed by atoms with Crippen molar-refractivity contribution >= 4 is 23.4 Å². The highest BCUT2D eigenvalue weighted by Crippen LogP contribution is 2.31. The zero-order valence-electron chi connectivity index (χ0n) is 16.1. The first kappa shape index (κ1) is 21.0. The summed E-state index contributed by atoms with van der Waals surface area (Å²) >= 11 is 6.30. The number of carbonyl (C=O) groups is 2. The minimum Gasteiger partial charge on any atom is -0.376 e. The molecule has 1 N–H and O–H groups in total. The molecule has 2 amide bonds. The molecule has 2 unspecified atom stereocenters. The van der Waals surface area contributed by atoms with Crippen LogP contribution in [0.4, 0.5) is 4.39 Å². The first-order valence-electron chi connectivity index (χ1n) is 9.79. The molecule has 2 aliphatic rings. The van der Waals surface area contributed by atoms with Gasteiger partial charge in [0, 0.05) is 56.2 Å². The second kappa shape index (κ2) is 9.67. The van der Waals surface area contributed by atoms with Gasteiger partial charge in [-0.3, -0.25) is 14.5 Å². The van der Waals surface area contributed by atoms with Crippen molar-refractivity contribution in [2.24, 2.45) is 0 Å². The van der Waals surface area contributed by atoms with Crippen LogP contribution in [-0.2, 0) is 14.3 Å². The Bertz CT molecular complexity index is 698. The molecule has 2 atom stereocenters. The number of morpholine rings is 1. The van der Waals surface area contributed by atoms with Gasteiger partial charge in [0.1, 0.15) is 5.82 Å². The predicted octanol–water partition coefficient (Wildman–Crippen LogP) is 2.37. The maximum atomic E-state index is 14.6. The zero-order valence-corrected chi connectivity index (χ0v) is 16.9. The van der Waals surface area contributed by atoms with Gasteiger partial charge in [0.15, 0.2) is 0 Å². The summed E-state index contributed by atoms with van der Waals surface area (Å²) in [6.45, 7) is 5.17. The fourth-order valence-corrected chi connectivity index (χ4v) is 4.14. The Kier molecular flexibility index (Phi) is 7.26. The minimum atomic E-state index is -0.381. The maximum Gasteiger partial charge on any atom is 0.222 e. The van der Waals surface area contributed by atoms with Gasteiger partial charge in [0.05, 0.1) is 18.8 Å². The largest absolute Gasteiger partial charge is 0.376 e. The Hall–Kier alpha value is -1.70. The van der Waals surface area contributed by atoms with Crippen molar-refractivity contribution in [3.8, 4) is 0 Å². The molecule has 28 heavy (non-hydrogen) atoms. The SMILES string of the molecule is CC1CN(C(CNC(=O)CCN2CCCC2=O)c2c(F)cccc2Cl)CCO1. The van der Waals surface area contributed by atoms with E-state index in [0.29, 0.717) is 49.8 Å². The monoisotopic (exact) mass is 411 g/mol. The lowest BCUT2D eigenvalue weighted by atomic mass is 10.0. The van der Waals surface area contributed by atoms with Crippen molar-refractivity contribution in [2.75, 3.05) is 39.3 Å². The van der Waals surface area contributed by atoms with E-state index in [4.69, 9.17) is 16.3 Å². The maximum absolute atomic E-state index is 14.6. The molecule has 2 fully saturated rings. The molecule has 154 valence electrons. The molecule has 8 heteroatoms. The van der Waals surface area contributed by atoms with E-state index in [1.54, 1.807) is 17.0 Å². The summed E-state index contributed by atoms with van der Waals surface area (Å²) in [6.07, 6.45) is 1.68. The number of carbonyl (C=O) groups excluding carboxylic acids is 2. The van der Waals surface area contributed by atoms with Crippen LogP contribution in [0.25, 0.3) is 0 Å². The molecule has 0 spiro atoms. The molecule has 0 radical (unpaired) electrons. The fraction of sp³-hybridized carbons (Fsp3) is 0.600. The zero-order chi connectivity index (χ0) is 20.1. The molecule has 3 rings (SSSR count). The topological polar surface area (TPSA) is 61.9 Å². The van der Waals surface area contributed by atoms with Gasteiger partial charge in [0.25, 0.3) is 0 Å². The number of amides is 2. The van der Waals surface area contributed by atoms with Gasteiger partial charge in [-0.1, -0.05) is 17.7 Å². The van der Waals surface area contributed by atoms with Crippen LogP contribution in [0.15, 0.2) is 18.2 Å².